The predicted molar refractivity (Wildman–Crippen MR) is 92.5 cm³/mol. The van der Waals surface area contributed by atoms with Crippen molar-refractivity contribution in [1.82, 2.24) is 0 Å². The average molecular weight is 326 g/mol. The van der Waals surface area contributed by atoms with Crippen LogP contribution in [0.3, 0.4) is 0 Å². The highest BCUT2D eigenvalue weighted by atomic mass is 19.1. The normalized spacial score (nSPS) is 10.8. The van der Waals surface area contributed by atoms with Crippen LogP contribution in [0.5, 0.6) is 0 Å². The maximum atomic E-state index is 13.9. The summed E-state index contributed by atoms with van der Waals surface area (Å²) >= 11 is 0. The molecular formula is C19H19FN2O2. The number of halogens is 1. The maximum absolute atomic E-state index is 13.9. The van der Waals surface area contributed by atoms with E-state index in [2.05, 4.69) is 0 Å². The minimum absolute atomic E-state index is 0.375. The maximum Gasteiger partial charge on any atom is 0.255 e. The molecule has 0 aliphatic heterocycles. The highest BCUT2D eigenvalue weighted by Crippen LogP contribution is 2.29. The number of benzene rings is 2. The molecule has 0 aliphatic carbocycles. The molecule has 2 rings (SSSR count). The summed E-state index contributed by atoms with van der Waals surface area (Å²) in [6, 6.07) is 10.0. The Morgan fingerprint density at radius 3 is 2.04 bits per heavy atom. The van der Waals surface area contributed by atoms with Crippen molar-refractivity contribution in [1.29, 1.82) is 0 Å². The SMILES string of the molecule is Cc1ccc(N(C(=O)C=CC(N)=O)c2ccc(C)c(F)c2)cc1C. The van der Waals surface area contributed by atoms with Crippen molar-refractivity contribution >= 4 is 23.2 Å². The van der Waals surface area contributed by atoms with Gasteiger partial charge in [-0.25, -0.2) is 4.39 Å². The zero-order valence-electron chi connectivity index (χ0n) is 13.8. The molecule has 124 valence electrons. The monoisotopic (exact) mass is 326 g/mol. The van der Waals surface area contributed by atoms with Crippen LogP contribution in [-0.4, -0.2) is 11.8 Å². The van der Waals surface area contributed by atoms with E-state index in [9.17, 15) is 14.0 Å². The number of nitrogens with two attached hydrogens (primary N) is 1. The number of hydrogen-bond acceptors (Lipinski definition) is 2. The predicted octanol–water partition coefficient (Wildman–Crippen LogP) is 3.46. The molecule has 24 heavy (non-hydrogen) atoms. The summed E-state index contributed by atoms with van der Waals surface area (Å²) in [6.07, 6.45) is 2.07. The summed E-state index contributed by atoms with van der Waals surface area (Å²) in [5.41, 5.74) is 8.57. The van der Waals surface area contributed by atoms with Gasteiger partial charge in [-0.15, -0.1) is 0 Å². The molecule has 2 N–H and O–H groups in total. The number of primary amides is 1. The van der Waals surface area contributed by atoms with Gasteiger partial charge in [0.2, 0.25) is 5.91 Å². The molecular weight excluding hydrogens is 307 g/mol. The number of aryl methyl sites for hydroxylation is 3. The van der Waals surface area contributed by atoms with Gasteiger partial charge in [0.25, 0.3) is 5.91 Å². The molecule has 0 saturated heterocycles. The van der Waals surface area contributed by atoms with Crippen molar-refractivity contribution in [2.45, 2.75) is 20.8 Å². The Kier molecular flexibility index (Phi) is 5.14. The van der Waals surface area contributed by atoms with Gasteiger partial charge < -0.3 is 5.73 Å². The van der Waals surface area contributed by atoms with Gasteiger partial charge in [-0.2, -0.15) is 0 Å². The Hall–Kier alpha value is -2.95. The van der Waals surface area contributed by atoms with Crippen molar-refractivity contribution in [2.75, 3.05) is 4.90 Å². The molecule has 0 aliphatic rings. The lowest BCUT2D eigenvalue weighted by atomic mass is 10.1. The molecule has 0 fully saturated rings. The Morgan fingerprint density at radius 1 is 0.917 bits per heavy atom. The molecule has 0 aromatic heterocycles. The molecule has 0 bridgehead atoms. The topological polar surface area (TPSA) is 63.4 Å². The van der Waals surface area contributed by atoms with Crippen LogP contribution < -0.4 is 10.6 Å². The van der Waals surface area contributed by atoms with E-state index in [0.29, 0.717) is 16.9 Å². The summed E-state index contributed by atoms with van der Waals surface area (Å²) in [4.78, 5) is 24.8. The second-order valence-electron chi connectivity index (χ2n) is 5.61. The number of carbonyl (C=O) groups excluding carboxylic acids is 2. The Morgan fingerprint density at radius 2 is 1.50 bits per heavy atom. The molecule has 2 amide bonds. The number of hydrogen-bond donors (Lipinski definition) is 1. The van der Waals surface area contributed by atoms with Crippen LogP contribution in [0.2, 0.25) is 0 Å². The minimum atomic E-state index is -0.724. The van der Waals surface area contributed by atoms with Crippen LogP contribution in [0.25, 0.3) is 0 Å². The van der Waals surface area contributed by atoms with Crippen molar-refractivity contribution in [3.05, 3.63) is 71.1 Å². The van der Waals surface area contributed by atoms with E-state index in [1.165, 1.54) is 11.0 Å². The lowest BCUT2D eigenvalue weighted by Gasteiger charge is -2.23. The minimum Gasteiger partial charge on any atom is -0.366 e. The average Bonchev–Trinajstić information content (AvgIpc) is 2.52. The molecule has 0 atom stereocenters. The molecule has 0 heterocycles. The molecule has 2 aromatic carbocycles. The zero-order valence-corrected chi connectivity index (χ0v) is 13.8. The standard InChI is InChI=1S/C19H19FN2O2/c1-12-4-6-15(10-14(12)3)22(19(24)9-8-18(21)23)16-7-5-13(2)17(20)11-16/h4-11H,1-3H3,(H2,21,23). The number of anilines is 2. The van der Waals surface area contributed by atoms with Gasteiger partial charge in [-0.1, -0.05) is 12.1 Å². The van der Waals surface area contributed by atoms with Crippen LogP contribution in [0.4, 0.5) is 15.8 Å². The second kappa shape index (κ2) is 7.08. The van der Waals surface area contributed by atoms with Gasteiger partial charge in [-0.05, 0) is 61.7 Å². The largest absolute Gasteiger partial charge is 0.366 e. The highest BCUT2D eigenvalue weighted by Gasteiger charge is 2.17. The van der Waals surface area contributed by atoms with Crippen molar-refractivity contribution in [3.63, 3.8) is 0 Å². The van der Waals surface area contributed by atoms with Crippen LogP contribution in [0, 0.1) is 26.6 Å². The lowest BCUT2D eigenvalue weighted by molar-refractivity contribution is -0.115. The molecule has 2 aromatic rings. The van der Waals surface area contributed by atoms with Crippen LogP contribution in [-0.2, 0) is 9.59 Å². The first-order chi connectivity index (χ1) is 11.3. The molecule has 0 unspecified atom stereocenters. The van der Waals surface area contributed by atoms with E-state index in [0.717, 1.165) is 23.3 Å². The van der Waals surface area contributed by atoms with E-state index in [1.54, 1.807) is 25.1 Å². The van der Waals surface area contributed by atoms with Crippen molar-refractivity contribution in [3.8, 4) is 0 Å². The summed E-state index contributed by atoms with van der Waals surface area (Å²) in [7, 11) is 0. The number of carbonyl (C=O) groups is 2. The Labute approximate surface area is 140 Å². The first kappa shape index (κ1) is 17.4. The van der Waals surface area contributed by atoms with E-state index >= 15 is 0 Å². The second-order valence-corrected chi connectivity index (χ2v) is 5.61. The van der Waals surface area contributed by atoms with Gasteiger partial charge in [-0.3, -0.25) is 14.5 Å². The van der Waals surface area contributed by atoms with E-state index in [-0.39, 0.29) is 0 Å². The fourth-order valence-electron chi connectivity index (χ4n) is 2.22. The Bertz CT molecular complexity index is 777. The van der Waals surface area contributed by atoms with Gasteiger partial charge >= 0.3 is 0 Å². The first-order valence-corrected chi connectivity index (χ1v) is 7.44. The van der Waals surface area contributed by atoms with E-state index in [1.807, 2.05) is 26.0 Å². The third-order valence-corrected chi connectivity index (χ3v) is 3.77. The van der Waals surface area contributed by atoms with Crippen LogP contribution in [0.1, 0.15) is 16.7 Å². The molecule has 4 nitrogen and oxygen atoms in total. The zero-order chi connectivity index (χ0) is 17.9. The first-order valence-electron chi connectivity index (χ1n) is 7.44. The van der Waals surface area contributed by atoms with Gasteiger partial charge in [0, 0.05) is 17.8 Å². The third kappa shape index (κ3) is 3.87. The summed E-state index contributed by atoms with van der Waals surface area (Å²) in [6.45, 7) is 5.54. The number of amides is 2. The summed E-state index contributed by atoms with van der Waals surface area (Å²) in [5.74, 6) is -1.62. The van der Waals surface area contributed by atoms with Gasteiger partial charge in [0.05, 0.1) is 5.69 Å². The molecule has 0 spiro atoms. The van der Waals surface area contributed by atoms with Gasteiger partial charge in [0.15, 0.2) is 0 Å². The van der Waals surface area contributed by atoms with Crippen LogP contribution >= 0.6 is 0 Å². The highest BCUT2D eigenvalue weighted by molar-refractivity contribution is 6.09. The fourth-order valence-corrected chi connectivity index (χ4v) is 2.22. The van der Waals surface area contributed by atoms with Gasteiger partial charge in [0.1, 0.15) is 5.82 Å². The fraction of sp³-hybridized carbons (Fsp3) is 0.158. The quantitative estimate of drug-likeness (QED) is 0.875. The lowest BCUT2D eigenvalue weighted by Crippen LogP contribution is -2.24. The Balaban J connectivity index is 2.55. The molecule has 0 radical (unpaired) electrons. The van der Waals surface area contributed by atoms with E-state index < -0.39 is 17.6 Å². The van der Waals surface area contributed by atoms with Crippen LogP contribution in [0.15, 0.2) is 48.6 Å². The summed E-state index contributed by atoms with van der Waals surface area (Å²) < 4.78 is 13.9. The molecule has 0 saturated carbocycles. The summed E-state index contributed by atoms with van der Waals surface area (Å²) in [5, 5.41) is 0. The van der Waals surface area contributed by atoms with Crippen molar-refractivity contribution < 1.29 is 14.0 Å². The van der Waals surface area contributed by atoms with E-state index in [4.69, 9.17) is 5.73 Å². The third-order valence-electron chi connectivity index (χ3n) is 3.77. The van der Waals surface area contributed by atoms with Crippen molar-refractivity contribution in [2.24, 2.45) is 5.73 Å². The molecule has 5 heteroatoms. The number of nitrogens with zero attached hydrogens (tertiary/aromatic N) is 1. The number of rotatable bonds is 4. The smallest absolute Gasteiger partial charge is 0.255 e.